The van der Waals surface area contributed by atoms with E-state index in [9.17, 15) is 0 Å². The van der Waals surface area contributed by atoms with Crippen LogP contribution in [0.1, 0.15) is 41.0 Å². The predicted molar refractivity (Wildman–Crippen MR) is 117 cm³/mol. The van der Waals surface area contributed by atoms with E-state index < -0.39 is 0 Å². The topological polar surface area (TPSA) is 60.1 Å². The predicted octanol–water partition coefficient (Wildman–Crippen LogP) is 4.23. The van der Waals surface area contributed by atoms with Crippen molar-refractivity contribution in [3.05, 3.63) is 35.4 Å². The second-order valence-electron chi connectivity index (χ2n) is 7.81. The highest BCUT2D eigenvalue weighted by Gasteiger charge is 2.16. The number of hydrogen-bond acceptors (Lipinski definition) is 5. The Bertz CT molecular complexity index is 548. The molecule has 0 aromatic carbocycles. The lowest BCUT2D eigenvalue weighted by atomic mass is 9.87. The minimum absolute atomic E-state index is 0.495. The van der Waals surface area contributed by atoms with Gasteiger partial charge in [0.15, 0.2) is 0 Å². The Balaban J connectivity index is 4.76. The molecule has 0 radical (unpaired) electrons. The third kappa shape index (κ3) is 10.9. The molecule has 5 heteroatoms. The van der Waals surface area contributed by atoms with Gasteiger partial charge in [-0.15, -0.1) is 0 Å². The number of ether oxygens (including phenoxy) is 2. The first-order valence-electron chi connectivity index (χ1n) is 9.71. The molecule has 0 aromatic rings. The highest BCUT2D eigenvalue weighted by Crippen LogP contribution is 2.21. The zero-order chi connectivity index (χ0) is 21.0. The summed E-state index contributed by atoms with van der Waals surface area (Å²) in [6.07, 6.45) is 6.47. The lowest BCUT2D eigenvalue weighted by molar-refractivity contribution is 0.148. The third-order valence-electron chi connectivity index (χ3n) is 4.73. The van der Waals surface area contributed by atoms with Gasteiger partial charge in [0.05, 0.1) is 30.9 Å². The average Bonchev–Trinajstić information content (AvgIpc) is 2.61. The zero-order valence-corrected chi connectivity index (χ0v) is 18.9. The fraction of sp³-hybridized carbons (Fsp3) is 0.682. The quantitative estimate of drug-likeness (QED) is 0.313. The van der Waals surface area contributed by atoms with Crippen molar-refractivity contribution >= 4 is 5.71 Å². The lowest BCUT2D eigenvalue weighted by Gasteiger charge is -2.25. The highest BCUT2D eigenvalue weighted by molar-refractivity contribution is 6.10. The molecule has 0 saturated carbocycles. The van der Waals surface area contributed by atoms with Crippen LogP contribution < -0.4 is 5.73 Å². The normalized spacial score (nSPS) is 17.7. The second kappa shape index (κ2) is 13.4. The van der Waals surface area contributed by atoms with E-state index in [4.69, 9.17) is 15.2 Å². The van der Waals surface area contributed by atoms with Crippen molar-refractivity contribution in [2.45, 2.75) is 41.0 Å². The molecule has 0 heterocycles. The van der Waals surface area contributed by atoms with E-state index in [1.807, 2.05) is 26.0 Å². The first-order chi connectivity index (χ1) is 12.6. The molecule has 0 bridgehead atoms. The van der Waals surface area contributed by atoms with Crippen LogP contribution in [0.25, 0.3) is 0 Å². The minimum Gasteiger partial charge on any atom is -0.501 e. The summed E-state index contributed by atoms with van der Waals surface area (Å²) in [4.78, 5) is 6.57. The number of allylic oxidation sites excluding steroid dienone is 5. The van der Waals surface area contributed by atoms with Gasteiger partial charge in [0.2, 0.25) is 0 Å². The number of nitrogens with zero attached hydrogens (tertiary/aromatic N) is 2. The molecular formula is C22H41N3O2. The van der Waals surface area contributed by atoms with Crippen molar-refractivity contribution in [2.75, 3.05) is 41.4 Å². The van der Waals surface area contributed by atoms with Crippen molar-refractivity contribution in [1.82, 2.24) is 4.90 Å². The van der Waals surface area contributed by atoms with Gasteiger partial charge in [0.1, 0.15) is 0 Å². The standard InChI is InChI=1S/C22H41N3O2/c1-16(10-17(2)18(3)14-25(7)8)15-27-20(5)12-22(24-6)21(13-23)11-19(4)26-9/h11-13,16-18H,10,14-15,23H2,1-9H3/b19-11+,20-12+,21-13-,24-22?/t16?,17-,18-/m1/s1. The highest BCUT2D eigenvalue weighted by atomic mass is 16.5. The van der Waals surface area contributed by atoms with Gasteiger partial charge in [0, 0.05) is 31.4 Å². The fourth-order valence-electron chi connectivity index (χ4n) is 2.96. The first-order valence-corrected chi connectivity index (χ1v) is 9.71. The molecule has 0 spiro atoms. The maximum Gasteiger partial charge on any atom is 0.0950 e. The van der Waals surface area contributed by atoms with Crippen molar-refractivity contribution in [1.29, 1.82) is 0 Å². The molecular weight excluding hydrogens is 338 g/mol. The Morgan fingerprint density at radius 3 is 2.19 bits per heavy atom. The van der Waals surface area contributed by atoms with Crippen LogP contribution in [0.15, 0.2) is 40.4 Å². The number of aliphatic imine (C=N–C) groups is 1. The number of nitrogens with two attached hydrogens (primary N) is 1. The van der Waals surface area contributed by atoms with E-state index in [1.165, 1.54) is 6.20 Å². The van der Waals surface area contributed by atoms with Crippen LogP contribution in [0.3, 0.4) is 0 Å². The van der Waals surface area contributed by atoms with E-state index in [0.717, 1.165) is 35.8 Å². The van der Waals surface area contributed by atoms with Gasteiger partial charge in [-0.05, 0) is 58.2 Å². The molecule has 0 saturated heterocycles. The molecule has 156 valence electrons. The summed E-state index contributed by atoms with van der Waals surface area (Å²) < 4.78 is 11.2. The van der Waals surface area contributed by atoms with Crippen LogP contribution in [-0.2, 0) is 9.47 Å². The van der Waals surface area contributed by atoms with Crippen LogP contribution in [0.5, 0.6) is 0 Å². The van der Waals surface area contributed by atoms with E-state index in [2.05, 4.69) is 44.8 Å². The summed E-state index contributed by atoms with van der Waals surface area (Å²) in [5, 5.41) is 0. The fourth-order valence-corrected chi connectivity index (χ4v) is 2.96. The van der Waals surface area contributed by atoms with Gasteiger partial charge >= 0.3 is 0 Å². The van der Waals surface area contributed by atoms with Crippen molar-refractivity contribution in [2.24, 2.45) is 28.5 Å². The second-order valence-corrected chi connectivity index (χ2v) is 7.81. The van der Waals surface area contributed by atoms with Gasteiger partial charge in [-0.3, -0.25) is 4.99 Å². The van der Waals surface area contributed by atoms with E-state index in [0.29, 0.717) is 24.4 Å². The number of methoxy groups -OCH3 is 1. The third-order valence-corrected chi connectivity index (χ3v) is 4.73. The SMILES string of the molecule is CN=C(/C=C(\C)OCC(C)C[C@@H](C)[C@H](C)CN(C)C)C(=C\N)/C=C(\C)OC. The Kier molecular flexibility index (Phi) is 12.6. The monoisotopic (exact) mass is 379 g/mol. The molecule has 0 aromatic heterocycles. The van der Waals surface area contributed by atoms with Crippen LogP contribution in [-0.4, -0.2) is 52.0 Å². The summed E-state index contributed by atoms with van der Waals surface area (Å²) in [5.41, 5.74) is 7.33. The van der Waals surface area contributed by atoms with Crippen LogP contribution in [0.4, 0.5) is 0 Å². The zero-order valence-electron chi connectivity index (χ0n) is 18.9. The van der Waals surface area contributed by atoms with Crippen molar-refractivity contribution < 1.29 is 9.47 Å². The molecule has 5 nitrogen and oxygen atoms in total. The molecule has 0 aliphatic carbocycles. The summed E-state index contributed by atoms with van der Waals surface area (Å²) >= 11 is 0. The summed E-state index contributed by atoms with van der Waals surface area (Å²) in [6, 6.07) is 0. The van der Waals surface area contributed by atoms with Gasteiger partial charge < -0.3 is 20.1 Å². The summed E-state index contributed by atoms with van der Waals surface area (Å²) in [5.74, 6) is 3.44. The molecule has 3 atom stereocenters. The maximum atomic E-state index is 5.97. The first kappa shape index (κ1) is 25.2. The number of rotatable bonds is 12. The molecule has 2 N–H and O–H groups in total. The van der Waals surface area contributed by atoms with E-state index in [-0.39, 0.29) is 0 Å². The van der Waals surface area contributed by atoms with Crippen LogP contribution in [0, 0.1) is 17.8 Å². The van der Waals surface area contributed by atoms with Gasteiger partial charge in [0.25, 0.3) is 0 Å². The molecule has 27 heavy (non-hydrogen) atoms. The summed E-state index contributed by atoms with van der Waals surface area (Å²) in [6.45, 7) is 12.6. The Labute approximate surface area is 167 Å². The molecule has 0 aliphatic heterocycles. The van der Waals surface area contributed by atoms with E-state index >= 15 is 0 Å². The van der Waals surface area contributed by atoms with Gasteiger partial charge in [-0.2, -0.15) is 0 Å². The largest absolute Gasteiger partial charge is 0.501 e. The molecule has 0 rings (SSSR count). The molecule has 1 unspecified atom stereocenters. The van der Waals surface area contributed by atoms with Crippen LogP contribution >= 0.6 is 0 Å². The number of hydrogen-bond donors (Lipinski definition) is 1. The van der Waals surface area contributed by atoms with Gasteiger partial charge in [-0.1, -0.05) is 20.8 Å². The molecule has 0 aliphatic rings. The Hall–Kier alpha value is -1.75. The Morgan fingerprint density at radius 1 is 1.07 bits per heavy atom. The van der Waals surface area contributed by atoms with Crippen LogP contribution in [0.2, 0.25) is 0 Å². The maximum absolute atomic E-state index is 5.97. The smallest absolute Gasteiger partial charge is 0.0950 e. The summed E-state index contributed by atoms with van der Waals surface area (Å²) in [7, 11) is 7.64. The van der Waals surface area contributed by atoms with E-state index in [1.54, 1.807) is 14.2 Å². The molecule has 0 amide bonds. The van der Waals surface area contributed by atoms with Gasteiger partial charge in [-0.25, -0.2) is 0 Å². The Morgan fingerprint density at radius 2 is 1.70 bits per heavy atom. The molecule has 0 fully saturated rings. The van der Waals surface area contributed by atoms with Crippen molar-refractivity contribution in [3.8, 4) is 0 Å². The average molecular weight is 380 g/mol. The van der Waals surface area contributed by atoms with Crippen molar-refractivity contribution in [3.63, 3.8) is 0 Å². The minimum atomic E-state index is 0.495. The lowest BCUT2D eigenvalue weighted by Crippen LogP contribution is -2.25.